The van der Waals surface area contributed by atoms with Gasteiger partial charge in [0, 0.05) is 11.9 Å². The summed E-state index contributed by atoms with van der Waals surface area (Å²) in [5, 5.41) is 1.34. The van der Waals surface area contributed by atoms with Crippen LogP contribution in [-0.2, 0) is 9.53 Å². The van der Waals surface area contributed by atoms with Crippen LogP contribution in [0.1, 0.15) is 50.2 Å². The van der Waals surface area contributed by atoms with Gasteiger partial charge in [0.15, 0.2) is 0 Å². The van der Waals surface area contributed by atoms with E-state index in [1.165, 1.54) is 18.1 Å². The maximum Gasteiger partial charge on any atom is 0.415 e. The Bertz CT molecular complexity index is 993. The van der Waals surface area contributed by atoms with Crippen LogP contribution in [0.2, 0.25) is 0 Å². The molecule has 1 aliphatic heterocycles. The number of amides is 1. The molecule has 1 fully saturated rings. The van der Waals surface area contributed by atoms with E-state index in [1.807, 2.05) is 13.8 Å². The fraction of sp³-hybridized carbons (Fsp3) is 0.391. The lowest BCUT2D eigenvalue weighted by molar-refractivity contribution is -0.147. The number of ether oxygens (including phenoxy) is 2. The Morgan fingerprint density at radius 1 is 1.28 bits per heavy atom. The average Bonchev–Trinajstić information content (AvgIpc) is 2.72. The van der Waals surface area contributed by atoms with Crippen molar-refractivity contribution in [2.24, 2.45) is 0 Å². The van der Waals surface area contributed by atoms with Crippen molar-refractivity contribution in [1.82, 2.24) is 4.90 Å². The number of carbonyl (C=O) groups is 2. The third kappa shape index (κ3) is 4.04. The Balaban J connectivity index is 1.98. The molecule has 152 valence electrons. The summed E-state index contributed by atoms with van der Waals surface area (Å²) in [6.07, 6.45) is 7.11. The smallest absolute Gasteiger partial charge is 0.415 e. The van der Waals surface area contributed by atoms with E-state index in [4.69, 9.17) is 15.9 Å². The number of carbonyl (C=O) groups excluding carboxylic acids is 2. The first-order valence-corrected chi connectivity index (χ1v) is 9.66. The van der Waals surface area contributed by atoms with Crippen LogP contribution in [-0.4, -0.2) is 36.7 Å². The van der Waals surface area contributed by atoms with Crippen molar-refractivity contribution in [2.75, 3.05) is 13.7 Å². The lowest BCUT2D eigenvalue weighted by Gasteiger charge is -2.32. The highest BCUT2D eigenvalue weighted by atomic mass is 19.1. The lowest BCUT2D eigenvalue weighted by Crippen LogP contribution is -2.49. The fourth-order valence-electron chi connectivity index (χ4n) is 3.79. The van der Waals surface area contributed by atoms with Gasteiger partial charge in [-0.1, -0.05) is 25.8 Å². The summed E-state index contributed by atoms with van der Waals surface area (Å²) in [7, 11) is 1.31. The summed E-state index contributed by atoms with van der Waals surface area (Å²) in [5.74, 6) is 1.88. The molecule has 0 spiro atoms. The fourth-order valence-corrected chi connectivity index (χ4v) is 3.79. The van der Waals surface area contributed by atoms with Gasteiger partial charge in [0.05, 0.1) is 12.7 Å². The number of halogens is 1. The summed E-state index contributed by atoms with van der Waals surface area (Å²) in [6, 6.07) is 5.66. The minimum atomic E-state index is -0.645. The third-order valence-corrected chi connectivity index (χ3v) is 5.25. The summed E-state index contributed by atoms with van der Waals surface area (Å²) < 4.78 is 24.6. The minimum Gasteiger partial charge on any atom is -0.467 e. The quantitative estimate of drug-likeness (QED) is 0.561. The number of nitrogens with zero attached hydrogens (tertiary/aromatic N) is 1. The molecule has 1 heterocycles. The number of methoxy groups -OCH3 is 1. The Morgan fingerprint density at radius 3 is 2.69 bits per heavy atom. The van der Waals surface area contributed by atoms with Gasteiger partial charge in [0.2, 0.25) is 0 Å². The molecule has 0 saturated carbocycles. The first-order valence-electron chi connectivity index (χ1n) is 9.66. The topological polar surface area (TPSA) is 55.8 Å². The van der Waals surface area contributed by atoms with Crippen molar-refractivity contribution in [3.05, 3.63) is 41.2 Å². The van der Waals surface area contributed by atoms with E-state index in [-0.39, 0.29) is 11.5 Å². The normalized spacial score (nSPS) is 16.6. The first-order chi connectivity index (χ1) is 13.9. The predicted octanol–water partition coefficient (Wildman–Crippen LogP) is 4.61. The van der Waals surface area contributed by atoms with Crippen LogP contribution in [0.15, 0.2) is 24.3 Å². The number of terminal acetylenes is 1. The van der Waals surface area contributed by atoms with Crippen molar-refractivity contribution in [3.8, 4) is 18.1 Å². The highest BCUT2D eigenvalue weighted by molar-refractivity contribution is 5.93. The molecule has 0 aliphatic carbocycles. The zero-order valence-electron chi connectivity index (χ0n) is 16.8. The number of benzene rings is 2. The van der Waals surface area contributed by atoms with Crippen molar-refractivity contribution in [2.45, 2.75) is 45.1 Å². The molecule has 0 bridgehead atoms. The molecular formula is C23H24FNO4. The van der Waals surface area contributed by atoms with E-state index in [1.54, 1.807) is 18.2 Å². The largest absolute Gasteiger partial charge is 0.467 e. The number of hydrogen-bond donors (Lipinski definition) is 0. The molecule has 0 aromatic heterocycles. The van der Waals surface area contributed by atoms with E-state index in [2.05, 4.69) is 5.92 Å². The lowest BCUT2D eigenvalue weighted by atomic mass is 9.92. The average molecular weight is 397 g/mol. The van der Waals surface area contributed by atoms with Crippen molar-refractivity contribution < 1.29 is 23.5 Å². The SMILES string of the molecule is C#Cc1c(F)ccc2cc(OC(=O)N3CCCCC3C(=O)OC)cc(C(C)C)c12. The minimum absolute atomic E-state index is 0.0304. The number of rotatable bonds is 3. The molecule has 1 atom stereocenters. The molecule has 2 aromatic rings. The maximum atomic E-state index is 14.2. The first kappa shape index (κ1) is 20.7. The van der Waals surface area contributed by atoms with Gasteiger partial charge >= 0.3 is 12.1 Å². The molecule has 1 unspecified atom stereocenters. The van der Waals surface area contributed by atoms with Gasteiger partial charge in [-0.25, -0.2) is 14.0 Å². The monoisotopic (exact) mass is 397 g/mol. The second-order valence-corrected chi connectivity index (χ2v) is 7.43. The van der Waals surface area contributed by atoms with Crippen LogP contribution in [0.25, 0.3) is 10.8 Å². The van der Waals surface area contributed by atoms with Gasteiger partial charge in [-0.15, -0.1) is 6.42 Å². The number of hydrogen-bond acceptors (Lipinski definition) is 4. The molecule has 1 aliphatic rings. The number of esters is 1. The molecule has 1 saturated heterocycles. The van der Waals surface area contributed by atoms with Crippen LogP contribution >= 0.6 is 0 Å². The Kier molecular flexibility index (Phi) is 6.07. The Labute approximate surface area is 169 Å². The van der Waals surface area contributed by atoms with Crippen molar-refractivity contribution in [1.29, 1.82) is 0 Å². The predicted molar refractivity (Wildman–Crippen MR) is 108 cm³/mol. The molecule has 5 nitrogen and oxygen atoms in total. The zero-order valence-corrected chi connectivity index (χ0v) is 16.8. The molecule has 0 N–H and O–H groups in total. The number of likely N-dealkylation sites (tertiary alicyclic amines) is 1. The van der Waals surface area contributed by atoms with Crippen molar-refractivity contribution >= 4 is 22.8 Å². The van der Waals surface area contributed by atoms with E-state index < -0.39 is 23.9 Å². The summed E-state index contributed by atoms with van der Waals surface area (Å²) in [4.78, 5) is 26.2. The van der Waals surface area contributed by atoms with E-state index in [0.717, 1.165) is 18.4 Å². The molecule has 0 radical (unpaired) electrons. The van der Waals surface area contributed by atoms with Crippen LogP contribution in [0.5, 0.6) is 5.75 Å². The zero-order chi connectivity index (χ0) is 21.1. The summed E-state index contributed by atoms with van der Waals surface area (Å²) in [5.41, 5.74) is 0.992. The number of fused-ring (bicyclic) bond motifs is 1. The van der Waals surface area contributed by atoms with E-state index in [9.17, 15) is 14.0 Å². The van der Waals surface area contributed by atoms with Gasteiger partial charge in [0.1, 0.15) is 17.6 Å². The van der Waals surface area contributed by atoms with Gasteiger partial charge in [0.25, 0.3) is 0 Å². The maximum absolute atomic E-state index is 14.2. The standard InChI is InChI=1S/C23H24FNO4/c1-5-17-19(24)10-9-15-12-16(13-18(14(2)3)21(15)17)29-23(27)25-11-7-6-8-20(25)22(26)28-4/h1,9-10,12-14,20H,6-8,11H2,2-4H3. The second-order valence-electron chi connectivity index (χ2n) is 7.43. The third-order valence-electron chi connectivity index (χ3n) is 5.25. The Morgan fingerprint density at radius 2 is 2.03 bits per heavy atom. The highest BCUT2D eigenvalue weighted by Crippen LogP contribution is 2.34. The Hall–Kier alpha value is -3.07. The van der Waals surface area contributed by atoms with E-state index >= 15 is 0 Å². The van der Waals surface area contributed by atoms with Gasteiger partial charge in [-0.05, 0) is 54.3 Å². The van der Waals surface area contributed by atoms with Gasteiger partial charge < -0.3 is 9.47 Å². The number of piperidine rings is 1. The van der Waals surface area contributed by atoms with Crippen LogP contribution in [0.3, 0.4) is 0 Å². The second kappa shape index (κ2) is 8.52. The summed E-state index contributed by atoms with van der Waals surface area (Å²) >= 11 is 0. The molecule has 2 aromatic carbocycles. The molecule has 29 heavy (non-hydrogen) atoms. The summed E-state index contributed by atoms with van der Waals surface area (Å²) in [6.45, 7) is 4.35. The highest BCUT2D eigenvalue weighted by Gasteiger charge is 2.34. The molecule has 1 amide bonds. The van der Waals surface area contributed by atoms with Gasteiger partial charge in [-0.3, -0.25) is 4.90 Å². The molecule has 6 heteroatoms. The van der Waals surface area contributed by atoms with Crippen LogP contribution in [0, 0.1) is 18.2 Å². The van der Waals surface area contributed by atoms with E-state index in [0.29, 0.717) is 29.5 Å². The van der Waals surface area contributed by atoms with Gasteiger partial charge in [-0.2, -0.15) is 0 Å². The molecular weight excluding hydrogens is 373 g/mol. The van der Waals surface area contributed by atoms with Crippen LogP contribution in [0.4, 0.5) is 9.18 Å². The molecule has 3 rings (SSSR count). The van der Waals surface area contributed by atoms with Crippen LogP contribution < -0.4 is 4.74 Å². The van der Waals surface area contributed by atoms with Crippen molar-refractivity contribution in [3.63, 3.8) is 0 Å².